The van der Waals surface area contributed by atoms with E-state index in [9.17, 15) is 4.79 Å². The molecule has 0 unspecified atom stereocenters. The van der Waals surface area contributed by atoms with Gasteiger partial charge in [-0.3, -0.25) is 0 Å². The molecule has 0 N–H and O–H groups in total. The minimum Gasteiger partial charge on any atom is -0.443 e. The normalized spacial score (nSPS) is 18.6. The Kier molecular flexibility index (Phi) is 4.17. The van der Waals surface area contributed by atoms with Crippen LogP contribution in [0.5, 0.6) is 0 Å². The third-order valence-electron chi connectivity index (χ3n) is 3.66. The maximum atomic E-state index is 12.1. The van der Waals surface area contributed by atoms with Crippen LogP contribution >= 0.6 is 0 Å². The molecule has 1 aromatic heterocycles. The summed E-state index contributed by atoms with van der Waals surface area (Å²) in [5.41, 5.74) is 1.32. The van der Waals surface area contributed by atoms with Crippen LogP contribution in [0.2, 0.25) is 0 Å². The van der Waals surface area contributed by atoms with E-state index < -0.39 is 12.1 Å². The molecule has 1 aliphatic heterocycles. The fraction of sp³-hybridized carbons (Fsp3) is 0.312. The molecule has 1 aliphatic rings. The number of nitrogens with zero attached hydrogens (tertiary/aromatic N) is 3. The Bertz CT molecular complexity index is 668. The van der Waals surface area contributed by atoms with Crippen LogP contribution in [0.4, 0.5) is 0 Å². The van der Waals surface area contributed by atoms with Gasteiger partial charge in [-0.2, -0.15) is 5.26 Å². The third kappa shape index (κ3) is 3.00. The van der Waals surface area contributed by atoms with Crippen molar-refractivity contribution in [3.63, 3.8) is 0 Å². The van der Waals surface area contributed by atoms with Crippen molar-refractivity contribution < 1.29 is 14.3 Å². The zero-order valence-corrected chi connectivity index (χ0v) is 11.9. The monoisotopic (exact) mass is 297 g/mol. The van der Waals surface area contributed by atoms with Crippen LogP contribution in [0.15, 0.2) is 43.0 Å². The highest BCUT2D eigenvalue weighted by Crippen LogP contribution is 2.20. The topological polar surface area (TPSA) is 77.1 Å². The SMILES string of the molecule is N#C[C@H](OC(=O)c1ccc(-n2ccnc2)cc1)[C@@H]1CCOC1. The molecule has 1 aromatic carbocycles. The molecule has 3 rings (SSSR count). The molecule has 1 saturated heterocycles. The van der Waals surface area contributed by atoms with Crippen molar-refractivity contribution in [1.82, 2.24) is 9.55 Å². The lowest BCUT2D eigenvalue weighted by Gasteiger charge is -2.15. The van der Waals surface area contributed by atoms with E-state index in [2.05, 4.69) is 4.98 Å². The standard InChI is InChI=1S/C16H15N3O3/c17-9-15(13-5-8-21-10-13)22-16(20)12-1-3-14(4-2-12)19-7-6-18-11-19/h1-4,6-7,11,13,15H,5,8,10H2/t13-,15+/m1/s1. The van der Waals surface area contributed by atoms with E-state index in [1.165, 1.54) is 0 Å². The summed E-state index contributed by atoms with van der Waals surface area (Å²) in [7, 11) is 0. The number of esters is 1. The summed E-state index contributed by atoms with van der Waals surface area (Å²) >= 11 is 0. The second kappa shape index (κ2) is 6.41. The van der Waals surface area contributed by atoms with Crippen molar-refractivity contribution in [2.75, 3.05) is 13.2 Å². The lowest BCUT2D eigenvalue weighted by atomic mass is 10.0. The third-order valence-corrected chi connectivity index (χ3v) is 3.66. The number of rotatable bonds is 4. The fourth-order valence-corrected chi connectivity index (χ4v) is 2.38. The molecule has 2 aromatic rings. The summed E-state index contributed by atoms with van der Waals surface area (Å²) in [4.78, 5) is 16.1. The summed E-state index contributed by atoms with van der Waals surface area (Å²) in [5, 5.41) is 9.16. The van der Waals surface area contributed by atoms with Gasteiger partial charge >= 0.3 is 5.97 Å². The number of ether oxygens (including phenoxy) is 2. The average molecular weight is 297 g/mol. The lowest BCUT2D eigenvalue weighted by Crippen LogP contribution is -2.26. The summed E-state index contributed by atoms with van der Waals surface area (Å²) < 4.78 is 12.4. The highest BCUT2D eigenvalue weighted by molar-refractivity contribution is 5.89. The first kappa shape index (κ1) is 14.3. The first-order valence-corrected chi connectivity index (χ1v) is 7.04. The van der Waals surface area contributed by atoms with Crippen molar-refractivity contribution in [2.45, 2.75) is 12.5 Å². The van der Waals surface area contributed by atoms with Gasteiger partial charge in [0.2, 0.25) is 0 Å². The fourth-order valence-electron chi connectivity index (χ4n) is 2.38. The second-order valence-electron chi connectivity index (χ2n) is 5.10. The Morgan fingerprint density at radius 2 is 2.27 bits per heavy atom. The zero-order chi connectivity index (χ0) is 15.4. The van der Waals surface area contributed by atoms with Gasteiger partial charge in [-0.15, -0.1) is 0 Å². The molecule has 0 bridgehead atoms. The van der Waals surface area contributed by atoms with Crippen molar-refractivity contribution in [2.24, 2.45) is 5.92 Å². The number of imidazole rings is 1. The van der Waals surface area contributed by atoms with Crippen LogP contribution in [-0.4, -0.2) is 34.8 Å². The number of aromatic nitrogens is 2. The van der Waals surface area contributed by atoms with Crippen LogP contribution in [0, 0.1) is 17.2 Å². The minimum atomic E-state index is -0.761. The van der Waals surface area contributed by atoms with Crippen molar-refractivity contribution in [3.05, 3.63) is 48.5 Å². The smallest absolute Gasteiger partial charge is 0.339 e. The van der Waals surface area contributed by atoms with Gasteiger partial charge in [0.25, 0.3) is 0 Å². The van der Waals surface area contributed by atoms with Crippen LogP contribution < -0.4 is 0 Å². The predicted molar refractivity (Wildman–Crippen MR) is 77.3 cm³/mol. The maximum absolute atomic E-state index is 12.1. The van der Waals surface area contributed by atoms with E-state index in [1.807, 2.05) is 16.8 Å². The molecule has 2 heterocycles. The van der Waals surface area contributed by atoms with E-state index >= 15 is 0 Å². The summed E-state index contributed by atoms with van der Waals surface area (Å²) in [5.74, 6) is -0.533. The van der Waals surface area contributed by atoms with Gasteiger partial charge < -0.3 is 14.0 Å². The Hall–Kier alpha value is -2.65. The highest BCUT2D eigenvalue weighted by atomic mass is 16.5. The molecule has 0 aliphatic carbocycles. The zero-order valence-electron chi connectivity index (χ0n) is 11.9. The van der Waals surface area contributed by atoms with E-state index in [-0.39, 0.29) is 5.92 Å². The summed E-state index contributed by atoms with van der Waals surface area (Å²) in [6.07, 6.45) is 5.16. The Morgan fingerprint density at radius 3 is 2.86 bits per heavy atom. The van der Waals surface area contributed by atoms with Gasteiger partial charge in [0.1, 0.15) is 6.07 Å². The van der Waals surface area contributed by atoms with Gasteiger partial charge in [-0.1, -0.05) is 0 Å². The van der Waals surface area contributed by atoms with E-state index in [4.69, 9.17) is 14.7 Å². The molecular formula is C16H15N3O3. The quantitative estimate of drug-likeness (QED) is 0.806. The van der Waals surface area contributed by atoms with Crippen LogP contribution in [-0.2, 0) is 9.47 Å². The molecule has 0 saturated carbocycles. The van der Waals surface area contributed by atoms with Gasteiger partial charge in [0.05, 0.1) is 18.5 Å². The molecule has 0 amide bonds. The largest absolute Gasteiger partial charge is 0.443 e. The van der Waals surface area contributed by atoms with Gasteiger partial charge in [0.15, 0.2) is 6.10 Å². The van der Waals surface area contributed by atoms with Gasteiger partial charge in [-0.25, -0.2) is 9.78 Å². The van der Waals surface area contributed by atoms with Crippen molar-refractivity contribution >= 4 is 5.97 Å². The number of nitriles is 1. The second-order valence-corrected chi connectivity index (χ2v) is 5.10. The molecule has 0 radical (unpaired) electrons. The number of benzene rings is 1. The minimum absolute atomic E-state index is 0.0424. The molecule has 0 spiro atoms. The summed E-state index contributed by atoms with van der Waals surface area (Å²) in [6, 6.07) is 9.01. The maximum Gasteiger partial charge on any atom is 0.339 e. The van der Waals surface area contributed by atoms with Crippen LogP contribution in [0.1, 0.15) is 16.8 Å². The highest BCUT2D eigenvalue weighted by Gasteiger charge is 2.29. The number of hydrogen-bond acceptors (Lipinski definition) is 5. The summed E-state index contributed by atoms with van der Waals surface area (Å²) in [6.45, 7) is 1.07. The number of hydrogen-bond donors (Lipinski definition) is 0. The van der Waals surface area contributed by atoms with Crippen molar-refractivity contribution in [1.29, 1.82) is 5.26 Å². The molecule has 112 valence electrons. The van der Waals surface area contributed by atoms with E-state index in [1.54, 1.807) is 36.8 Å². The van der Waals surface area contributed by atoms with Crippen molar-refractivity contribution in [3.8, 4) is 11.8 Å². The van der Waals surface area contributed by atoms with Crippen LogP contribution in [0.3, 0.4) is 0 Å². The molecular weight excluding hydrogens is 282 g/mol. The lowest BCUT2D eigenvalue weighted by molar-refractivity contribution is 0.0277. The van der Waals surface area contributed by atoms with Gasteiger partial charge in [-0.05, 0) is 30.7 Å². The number of carbonyl (C=O) groups excluding carboxylic acids is 1. The molecule has 6 heteroatoms. The molecule has 6 nitrogen and oxygen atoms in total. The first-order chi connectivity index (χ1) is 10.8. The Labute approximate surface area is 127 Å². The molecule has 1 fully saturated rings. The number of carbonyl (C=O) groups is 1. The van der Waals surface area contributed by atoms with E-state index in [0.29, 0.717) is 18.8 Å². The Balaban J connectivity index is 1.68. The van der Waals surface area contributed by atoms with Crippen LogP contribution in [0.25, 0.3) is 5.69 Å². The molecule has 2 atom stereocenters. The predicted octanol–water partition coefficient (Wildman–Crippen LogP) is 1.96. The van der Waals surface area contributed by atoms with Gasteiger partial charge in [0, 0.05) is 30.6 Å². The van der Waals surface area contributed by atoms with E-state index in [0.717, 1.165) is 12.1 Å². The first-order valence-electron chi connectivity index (χ1n) is 7.04. The average Bonchev–Trinajstić information content (AvgIpc) is 3.25. The molecule has 22 heavy (non-hydrogen) atoms. The Morgan fingerprint density at radius 1 is 1.45 bits per heavy atom.